The molecule has 17 heavy (non-hydrogen) atoms. The van der Waals surface area contributed by atoms with Crippen molar-refractivity contribution in [3.05, 3.63) is 35.6 Å². The Bertz CT molecular complexity index is 674. The van der Waals surface area contributed by atoms with Crippen LogP contribution in [0.1, 0.15) is 11.1 Å². The number of anilines is 1. The van der Waals surface area contributed by atoms with Crippen molar-refractivity contribution in [2.45, 2.75) is 13.8 Å². The molecule has 0 aliphatic heterocycles. The first-order chi connectivity index (χ1) is 8.13. The topological polar surface area (TPSA) is 65.2 Å². The molecule has 2 N–H and O–H groups in total. The zero-order valence-electron chi connectivity index (χ0n) is 9.65. The Morgan fingerprint density at radius 3 is 2.47 bits per heavy atom. The van der Waals surface area contributed by atoms with Crippen LogP contribution in [0.2, 0.25) is 0 Å². The lowest BCUT2D eigenvalue weighted by atomic mass is 10.1. The lowest BCUT2D eigenvalue weighted by Gasteiger charge is -2.00. The van der Waals surface area contributed by atoms with Crippen molar-refractivity contribution in [2.75, 3.05) is 5.73 Å². The van der Waals surface area contributed by atoms with Crippen molar-refractivity contribution >= 4 is 17.0 Å². The van der Waals surface area contributed by atoms with E-state index in [-0.39, 0.29) is 0 Å². The Kier molecular flexibility index (Phi) is 1.98. The van der Waals surface area contributed by atoms with E-state index in [2.05, 4.69) is 11.1 Å². The van der Waals surface area contributed by atoms with Crippen LogP contribution in [0.5, 0.6) is 0 Å². The highest BCUT2D eigenvalue weighted by atomic mass is 16.4. The van der Waals surface area contributed by atoms with E-state index in [9.17, 15) is 0 Å². The molecule has 86 valence electrons. The molecule has 0 radical (unpaired) electrons. The molecule has 4 nitrogen and oxygen atoms in total. The normalized spacial score (nSPS) is 11.2. The van der Waals surface area contributed by atoms with Crippen molar-refractivity contribution < 1.29 is 8.83 Å². The molecule has 0 saturated carbocycles. The summed E-state index contributed by atoms with van der Waals surface area (Å²) in [5.74, 6) is 0.865. The van der Waals surface area contributed by atoms with E-state index in [1.807, 2.05) is 26.0 Å². The lowest BCUT2D eigenvalue weighted by molar-refractivity contribution is 0.561. The van der Waals surface area contributed by atoms with E-state index in [1.54, 1.807) is 0 Å². The Morgan fingerprint density at radius 1 is 1.12 bits per heavy atom. The molecule has 0 aliphatic rings. The van der Waals surface area contributed by atoms with E-state index in [1.165, 1.54) is 17.4 Å². The molecule has 0 unspecified atom stereocenters. The Balaban J connectivity index is 2.19. The molecule has 1 aromatic carbocycles. The number of hydrogen-bond donors (Lipinski definition) is 1. The fraction of sp³-hybridized carbons (Fsp3) is 0.154. The summed E-state index contributed by atoms with van der Waals surface area (Å²) >= 11 is 0. The average molecular weight is 228 g/mol. The van der Waals surface area contributed by atoms with Gasteiger partial charge in [-0.1, -0.05) is 17.2 Å². The minimum absolute atomic E-state index is 0.291. The molecule has 0 amide bonds. The van der Waals surface area contributed by atoms with Gasteiger partial charge in [-0.25, -0.2) is 4.98 Å². The molecule has 0 spiro atoms. The molecule has 3 rings (SSSR count). The van der Waals surface area contributed by atoms with E-state index in [0.717, 1.165) is 5.56 Å². The second-order valence-corrected chi connectivity index (χ2v) is 4.21. The Labute approximate surface area is 98.0 Å². The molecule has 4 heteroatoms. The van der Waals surface area contributed by atoms with Gasteiger partial charge in [0.05, 0.1) is 0 Å². The van der Waals surface area contributed by atoms with Gasteiger partial charge in [0, 0.05) is 5.56 Å². The first-order valence-electron chi connectivity index (χ1n) is 5.35. The van der Waals surface area contributed by atoms with Crippen LogP contribution in [0.25, 0.3) is 22.6 Å². The minimum atomic E-state index is 0.291. The highest BCUT2D eigenvalue weighted by Gasteiger charge is 2.13. The maximum atomic E-state index is 5.64. The summed E-state index contributed by atoms with van der Waals surface area (Å²) in [6, 6.07) is 6.17. The molecule has 0 aliphatic carbocycles. The molecule has 0 fully saturated rings. The smallest absolute Gasteiger partial charge is 0.227 e. The first-order valence-corrected chi connectivity index (χ1v) is 5.35. The van der Waals surface area contributed by atoms with Crippen LogP contribution in [0, 0.1) is 13.8 Å². The van der Waals surface area contributed by atoms with Crippen LogP contribution in [-0.4, -0.2) is 4.98 Å². The second kappa shape index (κ2) is 3.38. The van der Waals surface area contributed by atoms with Gasteiger partial charge >= 0.3 is 0 Å². The van der Waals surface area contributed by atoms with E-state index in [4.69, 9.17) is 14.6 Å². The number of fused-ring (bicyclic) bond motifs is 1. The van der Waals surface area contributed by atoms with Crippen LogP contribution >= 0.6 is 0 Å². The number of rotatable bonds is 1. The zero-order valence-corrected chi connectivity index (χ0v) is 9.65. The summed E-state index contributed by atoms with van der Waals surface area (Å²) in [6.07, 6.45) is 1.48. The van der Waals surface area contributed by atoms with Crippen molar-refractivity contribution in [1.82, 2.24) is 4.98 Å². The third-order valence-electron chi connectivity index (χ3n) is 2.65. The van der Waals surface area contributed by atoms with Crippen molar-refractivity contribution in [3.63, 3.8) is 0 Å². The molecular formula is C13H12N2O2. The molecule has 0 atom stereocenters. The Morgan fingerprint density at radius 2 is 1.82 bits per heavy atom. The van der Waals surface area contributed by atoms with Gasteiger partial charge in [0.15, 0.2) is 11.1 Å². The number of benzene rings is 1. The van der Waals surface area contributed by atoms with Crippen LogP contribution in [0.4, 0.5) is 5.88 Å². The van der Waals surface area contributed by atoms with Gasteiger partial charge in [0.1, 0.15) is 6.26 Å². The van der Waals surface area contributed by atoms with Crippen LogP contribution in [0.15, 0.2) is 33.3 Å². The zero-order chi connectivity index (χ0) is 12.0. The molecule has 0 bridgehead atoms. The summed E-state index contributed by atoms with van der Waals surface area (Å²) < 4.78 is 10.6. The fourth-order valence-corrected chi connectivity index (χ4v) is 1.98. The van der Waals surface area contributed by atoms with E-state index < -0.39 is 0 Å². The van der Waals surface area contributed by atoms with Crippen LogP contribution in [0.3, 0.4) is 0 Å². The number of nitrogens with zero attached hydrogens (tertiary/aromatic N) is 1. The van der Waals surface area contributed by atoms with Crippen LogP contribution < -0.4 is 5.73 Å². The third kappa shape index (κ3) is 1.58. The van der Waals surface area contributed by atoms with Gasteiger partial charge in [0.25, 0.3) is 0 Å². The number of nitrogens with two attached hydrogens (primary N) is 1. The lowest BCUT2D eigenvalue weighted by Crippen LogP contribution is -1.84. The summed E-state index contributed by atoms with van der Waals surface area (Å²) in [5, 5.41) is 0. The van der Waals surface area contributed by atoms with Gasteiger partial charge in [-0.05, 0) is 26.0 Å². The molecular weight excluding hydrogens is 216 g/mol. The van der Waals surface area contributed by atoms with Gasteiger partial charge in [-0.2, -0.15) is 0 Å². The number of aryl methyl sites for hydroxylation is 2. The number of aromatic nitrogens is 1. The van der Waals surface area contributed by atoms with Gasteiger partial charge in [0.2, 0.25) is 11.8 Å². The molecule has 3 aromatic rings. The predicted octanol–water partition coefficient (Wildman–Crippen LogP) is 3.29. The number of nitrogen functional groups attached to an aromatic ring is 1. The summed E-state index contributed by atoms with van der Waals surface area (Å²) in [5.41, 5.74) is 10.1. The average Bonchev–Trinajstić information content (AvgIpc) is 2.80. The molecule has 2 heterocycles. The Hall–Kier alpha value is -2.23. The minimum Gasteiger partial charge on any atom is -0.443 e. The number of oxazole rings is 1. The van der Waals surface area contributed by atoms with Gasteiger partial charge < -0.3 is 14.6 Å². The first kappa shape index (κ1) is 9.96. The predicted molar refractivity (Wildman–Crippen MR) is 65.6 cm³/mol. The largest absolute Gasteiger partial charge is 0.443 e. The van der Waals surface area contributed by atoms with E-state index in [0.29, 0.717) is 22.9 Å². The molecule has 0 saturated heterocycles. The fourth-order valence-electron chi connectivity index (χ4n) is 1.98. The maximum absolute atomic E-state index is 5.64. The third-order valence-corrected chi connectivity index (χ3v) is 2.65. The second-order valence-electron chi connectivity index (χ2n) is 4.21. The summed E-state index contributed by atoms with van der Waals surface area (Å²) in [4.78, 5) is 4.34. The van der Waals surface area contributed by atoms with Crippen LogP contribution in [-0.2, 0) is 0 Å². The quantitative estimate of drug-likeness (QED) is 0.694. The summed E-state index contributed by atoms with van der Waals surface area (Å²) in [7, 11) is 0. The monoisotopic (exact) mass is 228 g/mol. The van der Waals surface area contributed by atoms with Crippen molar-refractivity contribution in [2.24, 2.45) is 0 Å². The van der Waals surface area contributed by atoms with E-state index >= 15 is 0 Å². The number of furan rings is 1. The number of hydrogen-bond acceptors (Lipinski definition) is 4. The van der Waals surface area contributed by atoms with Gasteiger partial charge in [-0.3, -0.25) is 0 Å². The molecule has 2 aromatic heterocycles. The highest BCUT2D eigenvalue weighted by molar-refractivity contribution is 5.84. The van der Waals surface area contributed by atoms with Crippen molar-refractivity contribution in [1.29, 1.82) is 0 Å². The maximum Gasteiger partial charge on any atom is 0.227 e. The SMILES string of the molecule is Cc1cc(C)cc(-c2nc3c(N)occ3o2)c1. The van der Waals surface area contributed by atoms with Crippen molar-refractivity contribution in [3.8, 4) is 11.5 Å². The standard InChI is InChI=1S/C13H12N2O2/c1-7-3-8(2)5-9(4-7)13-15-11-10(17-13)6-16-12(11)14/h3-6H,14H2,1-2H3. The highest BCUT2D eigenvalue weighted by Crippen LogP contribution is 2.29. The van der Waals surface area contributed by atoms with Gasteiger partial charge in [-0.15, -0.1) is 0 Å². The summed E-state index contributed by atoms with van der Waals surface area (Å²) in [6.45, 7) is 4.09.